The predicted molar refractivity (Wildman–Crippen MR) is 86.2 cm³/mol. The van der Waals surface area contributed by atoms with Gasteiger partial charge in [0, 0.05) is 52.9 Å². The van der Waals surface area contributed by atoms with E-state index in [1.54, 1.807) is 19.0 Å². The molecule has 0 bridgehead atoms. The summed E-state index contributed by atoms with van der Waals surface area (Å²) in [5.41, 5.74) is 0. The highest BCUT2D eigenvalue weighted by atomic mass is 28.4. The molecule has 126 valence electrons. The van der Waals surface area contributed by atoms with E-state index in [-0.39, 0.29) is 5.91 Å². The lowest BCUT2D eigenvalue weighted by molar-refractivity contribution is -0.128. The van der Waals surface area contributed by atoms with Crippen LogP contribution in [0.15, 0.2) is 0 Å². The van der Waals surface area contributed by atoms with Crippen LogP contribution in [-0.2, 0) is 18.1 Å². The Morgan fingerprint density at radius 1 is 1.00 bits per heavy atom. The molecule has 0 spiro atoms. The number of nitrogens with one attached hydrogen (secondary N) is 1. The molecule has 0 aromatic carbocycles. The van der Waals surface area contributed by atoms with Gasteiger partial charge in [-0.25, -0.2) is 0 Å². The fourth-order valence-corrected chi connectivity index (χ4v) is 4.59. The van der Waals surface area contributed by atoms with Crippen LogP contribution in [0.2, 0.25) is 6.04 Å². The first-order valence-electron chi connectivity index (χ1n) is 7.84. The van der Waals surface area contributed by atoms with E-state index in [2.05, 4.69) is 5.32 Å². The maximum absolute atomic E-state index is 11.4. The van der Waals surface area contributed by atoms with Gasteiger partial charge in [-0.1, -0.05) is 0 Å². The average molecular weight is 321 g/mol. The van der Waals surface area contributed by atoms with Gasteiger partial charge in [0.1, 0.15) is 0 Å². The van der Waals surface area contributed by atoms with Gasteiger partial charge >= 0.3 is 8.80 Å². The summed E-state index contributed by atoms with van der Waals surface area (Å²) >= 11 is 0. The Hall–Kier alpha value is -0.473. The van der Waals surface area contributed by atoms with Crippen LogP contribution in [-0.4, -0.2) is 66.6 Å². The molecule has 21 heavy (non-hydrogen) atoms. The zero-order chi connectivity index (χ0) is 16.1. The van der Waals surface area contributed by atoms with E-state index in [1.165, 1.54) is 0 Å². The van der Waals surface area contributed by atoms with Crippen LogP contribution in [0.5, 0.6) is 0 Å². The SMILES string of the molecule is CCO[Si](CCCNCCC(=O)N(C)C)(OCC)OCC. The van der Waals surface area contributed by atoms with Crippen LogP contribution in [0.4, 0.5) is 0 Å². The van der Waals surface area contributed by atoms with E-state index in [4.69, 9.17) is 13.3 Å². The molecule has 0 aliphatic carbocycles. The first-order valence-corrected chi connectivity index (χ1v) is 9.77. The largest absolute Gasteiger partial charge is 0.500 e. The van der Waals surface area contributed by atoms with Crippen molar-refractivity contribution >= 4 is 14.7 Å². The standard InChI is InChI=1S/C14H32N2O4Si/c1-6-18-21(19-7-2,20-8-3)13-9-11-15-12-10-14(17)16(4)5/h15H,6-13H2,1-5H3. The van der Waals surface area contributed by atoms with Crippen molar-refractivity contribution in [2.24, 2.45) is 0 Å². The zero-order valence-electron chi connectivity index (χ0n) is 14.2. The summed E-state index contributed by atoms with van der Waals surface area (Å²) in [5.74, 6) is 0.143. The van der Waals surface area contributed by atoms with Gasteiger partial charge in [0.25, 0.3) is 0 Å². The third-order valence-corrected chi connectivity index (χ3v) is 6.10. The molecule has 0 unspecified atom stereocenters. The van der Waals surface area contributed by atoms with Crippen LogP contribution in [0, 0.1) is 0 Å². The van der Waals surface area contributed by atoms with Crippen molar-refractivity contribution in [1.29, 1.82) is 0 Å². The molecule has 0 saturated heterocycles. The first kappa shape index (κ1) is 20.5. The number of carbonyl (C=O) groups is 1. The molecule has 0 atom stereocenters. The first-order chi connectivity index (χ1) is 10.0. The number of rotatable bonds is 13. The van der Waals surface area contributed by atoms with Gasteiger partial charge in [-0.3, -0.25) is 4.79 Å². The van der Waals surface area contributed by atoms with Crippen LogP contribution in [0.25, 0.3) is 0 Å². The maximum Gasteiger partial charge on any atom is 0.500 e. The summed E-state index contributed by atoms with van der Waals surface area (Å²) in [4.78, 5) is 13.0. The van der Waals surface area contributed by atoms with Gasteiger partial charge in [0.05, 0.1) is 0 Å². The van der Waals surface area contributed by atoms with Crippen LogP contribution in [0.1, 0.15) is 33.6 Å². The van der Waals surface area contributed by atoms with E-state index in [1.807, 2.05) is 20.8 Å². The minimum atomic E-state index is -2.51. The van der Waals surface area contributed by atoms with Gasteiger partial charge in [0.2, 0.25) is 5.91 Å². The molecule has 0 heterocycles. The Morgan fingerprint density at radius 3 is 1.95 bits per heavy atom. The number of amides is 1. The van der Waals surface area contributed by atoms with Crippen molar-refractivity contribution in [3.05, 3.63) is 0 Å². The molecule has 0 aromatic rings. The van der Waals surface area contributed by atoms with Crippen molar-refractivity contribution < 1.29 is 18.1 Å². The van der Waals surface area contributed by atoms with Crippen molar-refractivity contribution in [3.8, 4) is 0 Å². The highest BCUT2D eigenvalue weighted by molar-refractivity contribution is 6.60. The summed E-state index contributed by atoms with van der Waals surface area (Å²) in [6.07, 6.45) is 1.44. The quantitative estimate of drug-likeness (QED) is 0.411. The third kappa shape index (κ3) is 9.21. The topological polar surface area (TPSA) is 60.0 Å². The number of carbonyl (C=O) groups excluding carboxylic acids is 1. The Labute approximate surface area is 130 Å². The second-order valence-electron chi connectivity index (χ2n) is 4.87. The van der Waals surface area contributed by atoms with Crippen molar-refractivity contribution in [1.82, 2.24) is 10.2 Å². The molecule has 6 nitrogen and oxygen atoms in total. The lowest BCUT2D eigenvalue weighted by atomic mass is 10.3. The van der Waals surface area contributed by atoms with E-state index in [0.29, 0.717) is 32.8 Å². The zero-order valence-corrected chi connectivity index (χ0v) is 15.2. The van der Waals surface area contributed by atoms with Crippen LogP contribution < -0.4 is 5.32 Å². The number of hydrogen-bond donors (Lipinski definition) is 1. The highest BCUT2D eigenvalue weighted by Crippen LogP contribution is 2.17. The second-order valence-corrected chi connectivity index (χ2v) is 7.61. The molecule has 0 aromatic heterocycles. The second kappa shape index (κ2) is 12.1. The summed E-state index contributed by atoms with van der Waals surface area (Å²) < 4.78 is 17.4. The molecule has 7 heteroatoms. The average Bonchev–Trinajstić information content (AvgIpc) is 2.43. The fraction of sp³-hybridized carbons (Fsp3) is 0.929. The van der Waals surface area contributed by atoms with Crippen molar-refractivity contribution in [3.63, 3.8) is 0 Å². The summed E-state index contributed by atoms with van der Waals surface area (Å²) in [7, 11) is 1.03. The molecule has 0 aliphatic rings. The minimum Gasteiger partial charge on any atom is -0.374 e. The minimum absolute atomic E-state index is 0.143. The van der Waals surface area contributed by atoms with Gasteiger partial charge in [0.15, 0.2) is 0 Å². The van der Waals surface area contributed by atoms with Gasteiger partial charge in [-0.15, -0.1) is 0 Å². The number of hydrogen-bond acceptors (Lipinski definition) is 5. The van der Waals surface area contributed by atoms with Crippen molar-refractivity contribution in [2.45, 2.75) is 39.7 Å². The summed E-state index contributed by atoms with van der Waals surface area (Å²) in [6.45, 7) is 9.25. The summed E-state index contributed by atoms with van der Waals surface area (Å²) in [6, 6.07) is 0.803. The van der Waals surface area contributed by atoms with Crippen LogP contribution in [0.3, 0.4) is 0 Å². The lowest BCUT2D eigenvalue weighted by Crippen LogP contribution is -2.46. The molecule has 1 amide bonds. The molecule has 0 aliphatic heterocycles. The van der Waals surface area contributed by atoms with E-state index < -0.39 is 8.80 Å². The predicted octanol–water partition coefficient (Wildman–Crippen LogP) is 1.49. The van der Waals surface area contributed by atoms with Gasteiger partial charge < -0.3 is 23.5 Å². The third-order valence-electron chi connectivity index (χ3n) is 2.94. The van der Waals surface area contributed by atoms with E-state index in [0.717, 1.165) is 19.0 Å². The lowest BCUT2D eigenvalue weighted by Gasteiger charge is -2.28. The number of nitrogens with zero attached hydrogens (tertiary/aromatic N) is 1. The summed E-state index contributed by atoms with van der Waals surface area (Å²) in [5, 5.41) is 3.28. The Balaban J connectivity index is 3.99. The van der Waals surface area contributed by atoms with E-state index in [9.17, 15) is 4.79 Å². The van der Waals surface area contributed by atoms with Gasteiger partial charge in [-0.05, 0) is 33.7 Å². The Kier molecular flexibility index (Phi) is 11.8. The molecular weight excluding hydrogens is 288 g/mol. The molecule has 0 fully saturated rings. The normalized spacial score (nSPS) is 11.7. The molecule has 0 rings (SSSR count). The highest BCUT2D eigenvalue weighted by Gasteiger charge is 2.39. The molecule has 1 N–H and O–H groups in total. The van der Waals surface area contributed by atoms with Gasteiger partial charge in [-0.2, -0.15) is 0 Å². The fourth-order valence-electron chi connectivity index (χ4n) is 1.98. The monoisotopic (exact) mass is 320 g/mol. The molecule has 0 radical (unpaired) electrons. The molecular formula is C14H32N2O4Si. The maximum atomic E-state index is 11.4. The van der Waals surface area contributed by atoms with Crippen molar-refractivity contribution in [2.75, 3.05) is 47.0 Å². The van der Waals surface area contributed by atoms with Crippen LogP contribution >= 0.6 is 0 Å². The smallest absolute Gasteiger partial charge is 0.374 e. The Morgan fingerprint density at radius 2 is 1.52 bits per heavy atom. The molecule has 0 saturated carbocycles. The van der Waals surface area contributed by atoms with E-state index >= 15 is 0 Å². The Bertz CT molecular complexity index is 261.